The van der Waals surface area contributed by atoms with E-state index in [1.807, 2.05) is 20.8 Å². The molecular weight excluding hydrogens is 228 g/mol. The fourth-order valence-corrected chi connectivity index (χ4v) is 2.57. The van der Waals surface area contributed by atoms with Gasteiger partial charge >= 0.3 is 0 Å². The Morgan fingerprint density at radius 3 is 2.59 bits per heavy atom. The van der Waals surface area contributed by atoms with Crippen LogP contribution in [-0.4, -0.2) is 50.1 Å². The number of rotatable bonds is 1. The lowest BCUT2D eigenvalue weighted by Gasteiger charge is -2.41. The number of ether oxygens (including phenoxy) is 6. The lowest BCUT2D eigenvalue weighted by molar-refractivity contribution is -0.365. The Kier molecular flexibility index (Phi) is 2.52. The zero-order valence-electron chi connectivity index (χ0n) is 10.5. The number of methoxy groups -OCH3 is 1. The second-order valence-electron chi connectivity index (χ2n) is 5.14. The molecular formula is C11H18O6. The first kappa shape index (κ1) is 11.8. The molecule has 3 rings (SSSR count). The molecule has 98 valence electrons. The van der Waals surface area contributed by atoms with Gasteiger partial charge in [-0.1, -0.05) is 0 Å². The van der Waals surface area contributed by atoms with E-state index in [1.165, 1.54) is 0 Å². The Balaban J connectivity index is 1.82. The average Bonchev–Trinajstić information content (AvgIpc) is 2.72. The highest BCUT2D eigenvalue weighted by molar-refractivity contribution is 5.00. The van der Waals surface area contributed by atoms with E-state index in [-0.39, 0.29) is 25.1 Å². The van der Waals surface area contributed by atoms with E-state index >= 15 is 0 Å². The second kappa shape index (κ2) is 3.63. The van der Waals surface area contributed by atoms with Crippen LogP contribution in [0.3, 0.4) is 0 Å². The van der Waals surface area contributed by atoms with Crippen LogP contribution in [0, 0.1) is 0 Å². The van der Waals surface area contributed by atoms with E-state index in [4.69, 9.17) is 28.4 Å². The first-order valence-corrected chi connectivity index (χ1v) is 5.77. The molecule has 17 heavy (non-hydrogen) atoms. The molecule has 5 atom stereocenters. The summed E-state index contributed by atoms with van der Waals surface area (Å²) >= 11 is 0. The van der Waals surface area contributed by atoms with Gasteiger partial charge < -0.3 is 28.4 Å². The monoisotopic (exact) mass is 246 g/mol. The first-order valence-electron chi connectivity index (χ1n) is 5.77. The van der Waals surface area contributed by atoms with E-state index in [0.29, 0.717) is 0 Å². The Morgan fingerprint density at radius 1 is 1.12 bits per heavy atom. The van der Waals surface area contributed by atoms with Crippen molar-refractivity contribution in [2.75, 3.05) is 13.9 Å². The summed E-state index contributed by atoms with van der Waals surface area (Å²) in [7, 11) is 1.59. The van der Waals surface area contributed by atoms with Crippen molar-refractivity contribution in [3.05, 3.63) is 0 Å². The molecule has 0 spiro atoms. The quantitative estimate of drug-likeness (QED) is 0.675. The Bertz CT molecular complexity index is 319. The van der Waals surface area contributed by atoms with Crippen LogP contribution in [0.2, 0.25) is 0 Å². The standard InChI is InChI=1S/C11H18O6/c1-10(2)16-7-6-8(15-9(7)17-10)11(3,12-4)14-5-13-6/h6-9H,5H2,1-4H3/t6-,7-,8+,9-,11-/m1/s1. The summed E-state index contributed by atoms with van der Waals surface area (Å²) in [4.78, 5) is 0. The van der Waals surface area contributed by atoms with E-state index in [2.05, 4.69) is 0 Å². The van der Waals surface area contributed by atoms with Gasteiger partial charge in [0.1, 0.15) is 18.3 Å². The van der Waals surface area contributed by atoms with Crippen LogP contribution in [-0.2, 0) is 28.4 Å². The summed E-state index contributed by atoms with van der Waals surface area (Å²) in [6.07, 6.45) is -1.21. The van der Waals surface area contributed by atoms with Gasteiger partial charge in [-0.2, -0.15) is 0 Å². The van der Waals surface area contributed by atoms with E-state index < -0.39 is 17.9 Å². The molecule has 6 nitrogen and oxygen atoms in total. The molecule has 3 fully saturated rings. The van der Waals surface area contributed by atoms with Crippen molar-refractivity contribution in [1.29, 1.82) is 0 Å². The zero-order valence-corrected chi connectivity index (χ0v) is 10.5. The lowest BCUT2D eigenvalue weighted by atomic mass is 10.0. The van der Waals surface area contributed by atoms with Crippen molar-refractivity contribution in [3.63, 3.8) is 0 Å². The Morgan fingerprint density at radius 2 is 1.88 bits per heavy atom. The van der Waals surface area contributed by atoms with Crippen LogP contribution in [0.25, 0.3) is 0 Å². The molecule has 3 aliphatic heterocycles. The smallest absolute Gasteiger partial charge is 0.196 e. The normalized spacial score (nSPS) is 52.2. The molecule has 0 aromatic heterocycles. The molecule has 0 aromatic rings. The zero-order chi connectivity index (χ0) is 12.3. The van der Waals surface area contributed by atoms with E-state index in [0.717, 1.165) is 0 Å². The van der Waals surface area contributed by atoms with Crippen LogP contribution >= 0.6 is 0 Å². The Labute approximate surface area is 100 Å². The van der Waals surface area contributed by atoms with Gasteiger partial charge in [0, 0.05) is 7.11 Å². The van der Waals surface area contributed by atoms with E-state index in [9.17, 15) is 0 Å². The van der Waals surface area contributed by atoms with Crippen molar-refractivity contribution in [2.45, 2.75) is 56.9 Å². The maximum absolute atomic E-state index is 5.81. The molecule has 0 aromatic carbocycles. The molecule has 3 saturated heterocycles. The molecule has 0 aliphatic carbocycles. The molecule has 0 radical (unpaired) electrons. The maximum atomic E-state index is 5.81. The largest absolute Gasteiger partial charge is 0.351 e. The van der Waals surface area contributed by atoms with Crippen LogP contribution < -0.4 is 0 Å². The predicted molar refractivity (Wildman–Crippen MR) is 54.9 cm³/mol. The lowest BCUT2D eigenvalue weighted by Crippen LogP contribution is -2.56. The van der Waals surface area contributed by atoms with Crippen LogP contribution in [0.1, 0.15) is 20.8 Å². The second-order valence-corrected chi connectivity index (χ2v) is 5.14. The van der Waals surface area contributed by atoms with Crippen molar-refractivity contribution in [2.24, 2.45) is 0 Å². The molecule has 0 amide bonds. The SMILES string of the molecule is CO[C@]1(C)OCO[C@@H]2[C@H]3OC(C)(C)O[C@H]3O[C@@H]21. The van der Waals surface area contributed by atoms with E-state index in [1.54, 1.807) is 7.11 Å². The van der Waals surface area contributed by atoms with Gasteiger partial charge in [-0.15, -0.1) is 0 Å². The van der Waals surface area contributed by atoms with Crippen molar-refractivity contribution < 1.29 is 28.4 Å². The van der Waals surface area contributed by atoms with Gasteiger partial charge in [-0.05, 0) is 20.8 Å². The number of hydrogen-bond donors (Lipinski definition) is 0. The minimum atomic E-state index is -0.815. The third-order valence-corrected chi connectivity index (χ3v) is 3.52. The molecule has 3 aliphatic rings. The van der Waals surface area contributed by atoms with Gasteiger partial charge in [0.25, 0.3) is 0 Å². The molecule has 0 unspecified atom stereocenters. The van der Waals surface area contributed by atoms with Gasteiger partial charge in [0.2, 0.25) is 0 Å². The summed E-state index contributed by atoms with van der Waals surface area (Å²) in [6, 6.07) is 0. The predicted octanol–water partition coefficient (Wildman–Crippen LogP) is 0.598. The molecule has 0 N–H and O–H groups in total. The maximum Gasteiger partial charge on any atom is 0.196 e. The summed E-state index contributed by atoms with van der Waals surface area (Å²) < 4.78 is 33.7. The topological polar surface area (TPSA) is 55.4 Å². The molecule has 6 heteroatoms. The number of hydrogen-bond acceptors (Lipinski definition) is 6. The van der Waals surface area contributed by atoms with Crippen LogP contribution in [0.5, 0.6) is 0 Å². The molecule has 3 heterocycles. The van der Waals surface area contributed by atoms with Crippen LogP contribution in [0.15, 0.2) is 0 Å². The summed E-state index contributed by atoms with van der Waals surface area (Å²) in [6.45, 7) is 5.72. The molecule has 0 saturated carbocycles. The van der Waals surface area contributed by atoms with Gasteiger partial charge in [0.15, 0.2) is 24.7 Å². The highest BCUT2D eigenvalue weighted by atomic mass is 16.9. The highest BCUT2D eigenvalue weighted by Gasteiger charge is 2.62. The fourth-order valence-electron chi connectivity index (χ4n) is 2.57. The minimum absolute atomic E-state index is 0.169. The Hall–Kier alpha value is -0.240. The van der Waals surface area contributed by atoms with Crippen molar-refractivity contribution in [3.8, 4) is 0 Å². The fraction of sp³-hybridized carbons (Fsp3) is 1.00. The van der Waals surface area contributed by atoms with Gasteiger partial charge in [-0.25, -0.2) is 0 Å². The first-order chi connectivity index (χ1) is 7.95. The summed E-state index contributed by atoms with van der Waals surface area (Å²) in [5.74, 6) is -1.45. The third kappa shape index (κ3) is 1.71. The summed E-state index contributed by atoms with van der Waals surface area (Å²) in [5.41, 5.74) is 0. The van der Waals surface area contributed by atoms with Gasteiger partial charge in [-0.3, -0.25) is 0 Å². The minimum Gasteiger partial charge on any atom is -0.351 e. The third-order valence-electron chi connectivity index (χ3n) is 3.52. The van der Waals surface area contributed by atoms with Crippen molar-refractivity contribution >= 4 is 0 Å². The molecule has 0 bridgehead atoms. The van der Waals surface area contributed by atoms with Crippen molar-refractivity contribution in [1.82, 2.24) is 0 Å². The van der Waals surface area contributed by atoms with Gasteiger partial charge in [0.05, 0.1) is 0 Å². The summed E-state index contributed by atoms with van der Waals surface area (Å²) in [5, 5.41) is 0. The number of fused-ring (bicyclic) bond motifs is 3. The highest BCUT2D eigenvalue weighted by Crippen LogP contribution is 2.44. The average molecular weight is 246 g/mol. The van der Waals surface area contributed by atoms with Crippen LogP contribution in [0.4, 0.5) is 0 Å².